The highest BCUT2D eigenvalue weighted by atomic mass is 32.1. The molecule has 0 saturated carbocycles. The van der Waals surface area contributed by atoms with Gasteiger partial charge in [-0.3, -0.25) is 9.59 Å². The first-order valence-corrected chi connectivity index (χ1v) is 20.4. The van der Waals surface area contributed by atoms with E-state index in [4.69, 9.17) is 4.74 Å². The summed E-state index contributed by atoms with van der Waals surface area (Å²) in [5.74, 6) is 0.0476. The van der Waals surface area contributed by atoms with Crippen molar-refractivity contribution in [1.29, 1.82) is 10.5 Å². The first kappa shape index (κ1) is 37.9. The third kappa shape index (κ3) is 8.67. The van der Waals surface area contributed by atoms with Crippen molar-refractivity contribution in [2.45, 2.75) is 122 Å². The first-order valence-electron chi connectivity index (χ1n) is 18.8. The second-order valence-corrected chi connectivity index (χ2v) is 18.0. The molecule has 4 aliphatic rings. The van der Waals surface area contributed by atoms with E-state index in [9.17, 15) is 24.9 Å². The molecule has 0 spiro atoms. The van der Waals surface area contributed by atoms with Gasteiger partial charge in [0.1, 0.15) is 33.8 Å². The van der Waals surface area contributed by atoms with Gasteiger partial charge in [0.05, 0.1) is 17.2 Å². The number of nitrogens with one attached hydrogen (secondary N) is 4. The molecule has 5 unspecified atom stereocenters. The van der Waals surface area contributed by atoms with Crippen LogP contribution >= 0.6 is 22.7 Å². The maximum atomic E-state index is 13.2. The molecule has 2 aliphatic carbocycles. The molecule has 2 aromatic rings. The quantitative estimate of drug-likeness (QED) is 0.274. The Bertz CT molecular complexity index is 1750. The van der Waals surface area contributed by atoms with Gasteiger partial charge in [0.2, 0.25) is 11.8 Å². The summed E-state index contributed by atoms with van der Waals surface area (Å²) in [6.45, 7) is 12.5. The van der Waals surface area contributed by atoms with E-state index < -0.39 is 17.7 Å². The number of nitrogens with zero attached hydrogens (tertiary/aromatic N) is 4. The van der Waals surface area contributed by atoms with E-state index >= 15 is 0 Å². The van der Waals surface area contributed by atoms with E-state index in [-0.39, 0.29) is 29.9 Å². The Kier molecular flexibility index (Phi) is 11.7. The summed E-state index contributed by atoms with van der Waals surface area (Å²) < 4.78 is 5.27. The Labute approximate surface area is 315 Å². The standard InChI is InChI=1S/C38H52N8O4S2/c1-22(33(47)43-25-12-14-45(20-25)35-29(17-39)27-8-6-7-9-31(27)51-35)41-19-24-10-11-32-28(16-24)30(18-40)36(52-32)46-15-13-26(21-46)44-34(48)23(2)42-37(49)50-38(3,4)5/h22-26,41H,6-16,19-21H2,1-5H3,(H,42,49)(H,43,47)(H,44,48). The van der Waals surface area contributed by atoms with Gasteiger partial charge in [-0.1, -0.05) is 0 Å². The maximum absolute atomic E-state index is 13.2. The Morgan fingerprint density at radius 3 is 1.98 bits per heavy atom. The number of nitriles is 2. The molecule has 14 heteroatoms. The average Bonchev–Trinajstić information content (AvgIpc) is 3.90. The first-order chi connectivity index (χ1) is 24.8. The fourth-order valence-corrected chi connectivity index (χ4v) is 10.5. The van der Waals surface area contributed by atoms with Gasteiger partial charge in [-0.15, -0.1) is 22.7 Å². The Hall–Kier alpha value is -3.85. The number of anilines is 2. The van der Waals surface area contributed by atoms with Crippen molar-refractivity contribution in [3.63, 3.8) is 0 Å². The van der Waals surface area contributed by atoms with Crippen LogP contribution in [0.1, 0.15) is 98.7 Å². The van der Waals surface area contributed by atoms with Crippen LogP contribution in [0.2, 0.25) is 0 Å². The highest BCUT2D eigenvalue weighted by molar-refractivity contribution is 7.17. The zero-order valence-corrected chi connectivity index (χ0v) is 32.7. The number of carbonyl (C=O) groups is 3. The number of aryl methyl sites for hydroxylation is 2. The largest absolute Gasteiger partial charge is 0.444 e. The predicted molar refractivity (Wildman–Crippen MR) is 204 cm³/mol. The van der Waals surface area contributed by atoms with Crippen LogP contribution in [0.15, 0.2) is 0 Å². The SMILES string of the molecule is CC(NCC1CCc2sc(N3CCC(NC(=O)C(C)NC(=O)OC(C)(C)C)C3)c(C#N)c2C1)C(=O)NC1CCN(c2sc3c(c2C#N)CCCC3)C1. The van der Waals surface area contributed by atoms with Gasteiger partial charge in [0.25, 0.3) is 0 Å². The number of amides is 3. The lowest BCUT2D eigenvalue weighted by Crippen LogP contribution is -2.49. The highest BCUT2D eigenvalue weighted by Gasteiger charge is 2.34. The van der Waals surface area contributed by atoms with Gasteiger partial charge in [0, 0.05) is 48.0 Å². The van der Waals surface area contributed by atoms with Crippen molar-refractivity contribution >= 4 is 50.6 Å². The second-order valence-electron chi connectivity index (χ2n) is 15.8. The van der Waals surface area contributed by atoms with Crippen LogP contribution in [-0.4, -0.2) is 80.4 Å². The molecule has 4 N–H and O–H groups in total. The van der Waals surface area contributed by atoms with E-state index in [1.807, 2.05) is 6.92 Å². The minimum Gasteiger partial charge on any atom is -0.444 e. The van der Waals surface area contributed by atoms with Crippen molar-refractivity contribution in [3.8, 4) is 12.1 Å². The maximum Gasteiger partial charge on any atom is 0.408 e. The fourth-order valence-electron chi connectivity index (χ4n) is 7.81. The fraction of sp³-hybridized carbons (Fsp3) is 0.658. The molecule has 2 fully saturated rings. The van der Waals surface area contributed by atoms with Gasteiger partial charge in [-0.25, -0.2) is 4.79 Å². The van der Waals surface area contributed by atoms with Gasteiger partial charge in [-0.2, -0.15) is 10.5 Å². The minimum absolute atomic E-state index is 0.00411. The molecule has 6 rings (SSSR count). The van der Waals surface area contributed by atoms with Crippen molar-refractivity contribution < 1.29 is 19.1 Å². The van der Waals surface area contributed by atoms with Crippen LogP contribution in [0.5, 0.6) is 0 Å². The summed E-state index contributed by atoms with van der Waals surface area (Å²) >= 11 is 3.47. The number of rotatable bonds is 10. The summed E-state index contributed by atoms with van der Waals surface area (Å²) in [5.41, 5.74) is 3.31. The van der Waals surface area contributed by atoms with E-state index in [1.165, 1.54) is 21.7 Å². The minimum atomic E-state index is -0.736. The smallest absolute Gasteiger partial charge is 0.408 e. The van der Waals surface area contributed by atoms with Crippen LogP contribution in [0.25, 0.3) is 0 Å². The van der Waals surface area contributed by atoms with E-state index in [0.29, 0.717) is 19.0 Å². The molecule has 0 radical (unpaired) electrons. The zero-order valence-electron chi connectivity index (χ0n) is 31.0. The molecule has 0 bridgehead atoms. The summed E-state index contributed by atoms with van der Waals surface area (Å²) in [6, 6.07) is 3.85. The summed E-state index contributed by atoms with van der Waals surface area (Å²) in [5, 5.41) is 34.6. The number of ether oxygens (including phenoxy) is 1. The highest BCUT2D eigenvalue weighted by Crippen LogP contribution is 2.43. The van der Waals surface area contributed by atoms with Gasteiger partial charge < -0.3 is 35.8 Å². The molecule has 2 aromatic heterocycles. The molecule has 3 amide bonds. The number of fused-ring (bicyclic) bond motifs is 2. The van der Waals surface area contributed by atoms with Gasteiger partial charge in [-0.05, 0) is 116 Å². The zero-order chi connectivity index (χ0) is 37.2. The molecule has 280 valence electrons. The van der Waals surface area contributed by atoms with Crippen molar-refractivity contribution in [2.75, 3.05) is 42.5 Å². The van der Waals surface area contributed by atoms with E-state index in [1.54, 1.807) is 50.4 Å². The third-order valence-corrected chi connectivity index (χ3v) is 13.3. The third-order valence-electron chi connectivity index (χ3n) is 10.6. The lowest BCUT2D eigenvalue weighted by molar-refractivity contribution is -0.124. The van der Waals surface area contributed by atoms with E-state index in [0.717, 1.165) is 97.7 Å². The molecular formula is C38H52N8O4S2. The summed E-state index contributed by atoms with van der Waals surface area (Å²) in [4.78, 5) is 45.3. The summed E-state index contributed by atoms with van der Waals surface area (Å²) in [6.07, 6.45) is 8.08. The van der Waals surface area contributed by atoms with Crippen molar-refractivity contribution in [3.05, 3.63) is 32.0 Å². The lowest BCUT2D eigenvalue weighted by Gasteiger charge is -2.25. The average molecular weight is 749 g/mol. The van der Waals surface area contributed by atoms with Crippen LogP contribution in [0.3, 0.4) is 0 Å². The molecular weight excluding hydrogens is 697 g/mol. The second kappa shape index (κ2) is 16.0. The van der Waals surface area contributed by atoms with Crippen molar-refractivity contribution in [1.82, 2.24) is 21.3 Å². The normalized spacial score (nSPS) is 22.4. The van der Waals surface area contributed by atoms with Gasteiger partial charge in [0.15, 0.2) is 0 Å². The Morgan fingerprint density at radius 2 is 1.38 bits per heavy atom. The number of thiophene rings is 2. The van der Waals surface area contributed by atoms with Crippen LogP contribution in [0, 0.1) is 28.6 Å². The predicted octanol–water partition coefficient (Wildman–Crippen LogP) is 4.52. The number of hydrogen-bond donors (Lipinski definition) is 4. The molecule has 2 aliphatic heterocycles. The molecule has 5 atom stereocenters. The topological polar surface area (TPSA) is 163 Å². The lowest BCUT2D eigenvalue weighted by atomic mass is 9.86. The van der Waals surface area contributed by atoms with E-state index in [2.05, 4.69) is 43.2 Å². The molecule has 12 nitrogen and oxygen atoms in total. The molecule has 2 saturated heterocycles. The number of carbonyl (C=O) groups excluding carboxylic acids is 3. The molecule has 0 aromatic carbocycles. The monoisotopic (exact) mass is 748 g/mol. The van der Waals surface area contributed by atoms with Gasteiger partial charge >= 0.3 is 6.09 Å². The molecule has 52 heavy (non-hydrogen) atoms. The van der Waals surface area contributed by atoms with Crippen LogP contribution in [0.4, 0.5) is 14.8 Å². The summed E-state index contributed by atoms with van der Waals surface area (Å²) in [7, 11) is 0. The Balaban J connectivity index is 0.967. The van der Waals surface area contributed by atoms with Crippen LogP contribution < -0.4 is 31.1 Å². The van der Waals surface area contributed by atoms with Crippen LogP contribution in [-0.2, 0) is 40.0 Å². The number of alkyl carbamates (subject to hydrolysis) is 1. The van der Waals surface area contributed by atoms with Crippen molar-refractivity contribution in [2.24, 2.45) is 5.92 Å². The Morgan fingerprint density at radius 1 is 0.827 bits per heavy atom. The molecule has 4 heterocycles. The number of hydrogen-bond acceptors (Lipinski definition) is 11.